The van der Waals surface area contributed by atoms with Gasteiger partial charge >= 0.3 is 0 Å². The van der Waals surface area contributed by atoms with E-state index < -0.39 is 0 Å². The molecule has 3 rings (SSSR count). The zero-order chi connectivity index (χ0) is 16.8. The first kappa shape index (κ1) is 16.4. The predicted octanol–water partition coefficient (Wildman–Crippen LogP) is 4.14. The average Bonchev–Trinajstić information content (AvgIpc) is 3.14. The molecular formula is C20H24N4. The minimum absolute atomic E-state index is 0.275. The van der Waals surface area contributed by atoms with Crippen molar-refractivity contribution in [2.45, 2.75) is 32.9 Å². The molecule has 0 saturated carbocycles. The Kier molecular flexibility index (Phi) is 5.39. The van der Waals surface area contributed by atoms with E-state index in [1.807, 2.05) is 29.2 Å². The second kappa shape index (κ2) is 7.88. The first-order valence-electron chi connectivity index (χ1n) is 8.45. The fourth-order valence-corrected chi connectivity index (χ4v) is 2.79. The minimum atomic E-state index is 0.275. The second-order valence-electron chi connectivity index (χ2n) is 6.43. The molecule has 0 aliphatic carbocycles. The van der Waals surface area contributed by atoms with Crippen LogP contribution in [-0.4, -0.2) is 14.8 Å². The Balaban J connectivity index is 1.66. The maximum Gasteiger partial charge on any atom is 0.0645 e. The molecule has 2 heterocycles. The van der Waals surface area contributed by atoms with Crippen molar-refractivity contribution in [3.05, 3.63) is 78.4 Å². The maximum atomic E-state index is 4.52. The van der Waals surface area contributed by atoms with E-state index in [4.69, 9.17) is 0 Å². The number of hydrogen-bond acceptors (Lipinski definition) is 3. The SMILES string of the molecule is CC(C)CC(NCc1ccc(-n2cccn2)cc1)c1ccccn1. The molecule has 3 aromatic rings. The fourth-order valence-electron chi connectivity index (χ4n) is 2.79. The van der Waals surface area contributed by atoms with Crippen LogP contribution in [0.5, 0.6) is 0 Å². The highest BCUT2D eigenvalue weighted by molar-refractivity contribution is 5.33. The molecule has 24 heavy (non-hydrogen) atoms. The zero-order valence-corrected chi connectivity index (χ0v) is 14.3. The molecule has 1 atom stereocenters. The van der Waals surface area contributed by atoms with Gasteiger partial charge in [0.1, 0.15) is 0 Å². The highest BCUT2D eigenvalue weighted by Crippen LogP contribution is 2.20. The van der Waals surface area contributed by atoms with Crippen molar-refractivity contribution < 1.29 is 0 Å². The lowest BCUT2D eigenvalue weighted by molar-refractivity contribution is 0.421. The predicted molar refractivity (Wildman–Crippen MR) is 96.8 cm³/mol. The summed E-state index contributed by atoms with van der Waals surface area (Å²) in [5.41, 5.74) is 3.45. The van der Waals surface area contributed by atoms with E-state index in [9.17, 15) is 0 Å². The van der Waals surface area contributed by atoms with E-state index in [-0.39, 0.29) is 6.04 Å². The number of pyridine rings is 1. The van der Waals surface area contributed by atoms with Gasteiger partial charge in [0, 0.05) is 31.2 Å². The number of rotatable bonds is 7. The summed E-state index contributed by atoms with van der Waals surface area (Å²) in [6, 6.07) is 16.8. The third-order valence-electron chi connectivity index (χ3n) is 4.01. The van der Waals surface area contributed by atoms with Crippen molar-refractivity contribution in [2.24, 2.45) is 5.92 Å². The Labute approximate surface area is 143 Å². The largest absolute Gasteiger partial charge is 0.305 e. The highest BCUT2D eigenvalue weighted by atomic mass is 15.3. The van der Waals surface area contributed by atoms with E-state index in [0.29, 0.717) is 5.92 Å². The van der Waals surface area contributed by atoms with Gasteiger partial charge in [-0.05, 0) is 48.2 Å². The van der Waals surface area contributed by atoms with E-state index in [1.165, 1.54) is 5.56 Å². The van der Waals surface area contributed by atoms with E-state index >= 15 is 0 Å². The molecule has 0 saturated heterocycles. The van der Waals surface area contributed by atoms with E-state index in [0.717, 1.165) is 24.3 Å². The molecule has 124 valence electrons. The minimum Gasteiger partial charge on any atom is -0.305 e. The van der Waals surface area contributed by atoms with Crippen molar-refractivity contribution >= 4 is 0 Å². The van der Waals surface area contributed by atoms with Crippen LogP contribution in [0.3, 0.4) is 0 Å². The summed E-state index contributed by atoms with van der Waals surface area (Å²) in [6.07, 6.45) is 6.68. The van der Waals surface area contributed by atoms with Gasteiger partial charge in [-0.15, -0.1) is 0 Å². The molecule has 0 amide bonds. The third-order valence-corrected chi connectivity index (χ3v) is 4.01. The van der Waals surface area contributed by atoms with Gasteiger partial charge in [0.25, 0.3) is 0 Å². The van der Waals surface area contributed by atoms with Gasteiger partial charge in [-0.3, -0.25) is 4.98 Å². The summed E-state index contributed by atoms with van der Waals surface area (Å²) in [5.74, 6) is 0.617. The first-order chi connectivity index (χ1) is 11.7. The number of nitrogens with zero attached hydrogens (tertiary/aromatic N) is 3. The molecule has 0 aliphatic heterocycles. The lowest BCUT2D eigenvalue weighted by atomic mass is 10.0. The maximum absolute atomic E-state index is 4.52. The first-order valence-corrected chi connectivity index (χ1v) is 8.45. The second-order valence-corrected chi connectivity index (χ2v) is 6.43. The summed E-state index contributed by atoms with van der Waals surface area (Å²) in [7, 11) is 0. The molecule has 0 aliphatic rings. The number of nitrogens with one attached hydrogen (secondary N) is 1. The Hall–Kier alpha value is -2.46. The summed E-state index contributed by atoms with van der Waals surface area (Å²) >= 11 is 0. The van der Waals surface area contributed by atoms with Gasteiger partial charge in [0.05, 0.1) is 11.4 Å². The highest BCUT2D eigenvalue weighted by Gasteiger charge is 2.13. The standard InChI is InChI=1S/C20H24N4/c1-16(2)14-20(19-6-3-4-11-21-19)22-15-17-7-9-18(10-8-17)24-13-5-12-23-24/h3-13,16,20,22H,14-15H2,1-2H3. The molecule has 0 spiro atoms. The Morgan fingerprint density at radius 3 is 2.46 bits per heavy atom. The molecule has 0 fully saturated rings. The molecule has 1 aromatic carbocycles. The molecule has 4 nitrogen and oxygen atoms in total. The van der Waals surface area contributed by atoms with Crippen LogP contribution in [0.25, 0.3) is 5.69 Å². The number of aromatic nitrogens is 3. The van der Waals surface area contributed by atoms with Crippen LogP contribution in [0.1, 0.15) is 37.6 Å². The van der Waals surface area contributed by atoms with Crippen molar-refractivity contribution in [1.82, 2.24) is 20.1 Å². The topological polar surface area (TPSA) is 42.7 Å². The van der Waals surface area contributed by atoms with Gasteiger partial charge in [-0.2, -0.15) is 5.10 Å². The van der Waals surface area contributed by atoms with Crippen LogP contribution in [0.2, 0.25) is 0 Å². The molecule has 0 radical (unpaired) electrons. The van der Waals surface area contributed by atoms with Gasteiger partial charge < -0.3 is 5.32 Å². The molecule has 1 N–H and O–H groups in total. The molecule has 0 bridgehead atoms. The Morgan fingerprint density at radius 2 is 1.83 bits per heavy atom. The monoisotopic (exact) mass is 320 g/mol. The summed E-state index contributed by atoms with van der Waals surface area (Å²) in [6.45, 7) is 5.32. The summed E-state index contributed by atoms with van der Waals surface area (Å²) in [5, 5.41) is 7.91. The van der Waals surface area contributed by atoms with Crippen LogP contribution >= 0.6 is 0 Å². The average molecular weight is 320 g/mol. The quantitative estimate of drug-likeness (QED) is 0.711. The molecular weight excluding hydrogens is 296 g/mol. The van der Waals surface area contributed by atoms with Crippen molar-refractivity contribution in [1.29, 1.82) is 0 Å². The van der Waals surface area contributed by atoms with Gasteiger partial charge in [0.15, 0.2) is 0 Å². The summed E-state index contributed by atoms with van der Waals surface area (Å²) < 4.78 is 1.87. The smallest absolute Gasteiger partial charge is 0.0645 e. The van der Waals surface area contributed by atoms with Gasteiger partial charge in [0.2, 0.25) is 0 Å². The molecule has 4 heteroatoms. The normalized spacial score (nSPS) is 12.5. The third kappa shape index (κ3) is 4.30. The van der Waals surface area contributed by atoms with Crippen molar-refractivity contribution in [2.75, 3.05) is 0 Å². The van der Waals surface area contributed by atoms with Crippen molar-refractivity contribution in [3.63, 3.8) is 0 Å². The van der Waals surface area contributed by atoms with E-state index in [1.54, 1.807) is 6.20 Å². The van der Waals surface area contributed by atoms with Gasteiger partial charge in [-0.1, -0.05) is 32.0 Å². The lowest BCUT2D eigenvalue weighted by Crippen LogP contribution is -2.23. The van der Waals surface area contributed by atoms with Crippen LogP contribution in [0.4, 0.5) is 0 Å². The zero-order valence-electron chi connectivity index (χ0n) is 14.3. The fraction of sp³-hybridized carbons (Fsp3) is 0.300. The van der Waals surface area contributed by atoms with Crippen LogP contribution in [0.15, 0.2) is 67.1 Å². The number of hydrogen-bond donors (Lipinski definition) is 1. The van der Waals surface area contributed by atoms with Crippen LogP contribution in [0, 0.1) is 5.92 Å². The molecule has 2 aromatic heterocycles. The van der Waals surface area contributed by atoms with E-state index in [2.05, 4.69) is 65.6 Å². The summed E-state index contributed by atoms with van der Waals surface area (Å²) in [4.78, 5) is 4.52. The van der Waals surface area contributed by atoms with Crippen LogP contribution < -0.4 is 5.32 Å². The van der Waals surface area contributed by atoms with Crippen molar-refractivity contribution in [3.8, 4) is 5.69 Å². The Bertz CT molecular complexity index is 718. The molecule has 1 unspecified atom stereocenters. The Morgan fingerprint density at radius 1 is 1.00 bits per heavy atom. The number of benzene rings is 1. The van der Waals surface area contributed by atoms with Crippen LogP contribution in [-0.2, 0) is 6.54 Å². The lowest BCUT2D eigenvalue weighted by Gasteiger charge is -2.20. The van der Waals surface area contributed by atoms with Gasteiger partial charge in [-0.25, -0.2) is 4.68 Å².